The zero-order valence-corrected chi connectivity index (χ0v) is 16.6. The molecule has 4 aromatic rings. The summed E-state index contributed by atoms with van der Waals surface area (Å²) in [5, 5.41) is 10.9. The van der Waals surface area contributed by atoms with Gasteiger partial charge in [-0.1, -0.05) is 17.3 Å². The molecule has 0 saturated carbocycles. The summed E-state index contributed by atoms with van der Waals surface area (Å²) in [5.74, 6) is 0.963. The van der Waals surface area contributed by atoms with Crippen LogP contribution in [0.4, 0.5) is 4.39 Å². The first-order valence-electron chi connectivity index (χ1n) is 10.1. The fraction of sp³-hybridized carbons (Fsp3) is 0.273. The summed E-state index contributed by atoms with van der Waals surface area (Å²) in [6, 6.07) is 11.6. The highest BCUT2D eigenvalue weighted by atomic mass is 19.1. The Balaban J connectivity index is 1.25. The van der Waals surface area contributed by atoms with Crippen LogP contribution in [0.3, 0.4) is 0 Å². The first-order chi connectivity index (χ1) is 15.2. The Kier molecular flexibility index (Phi) is 5.07. The molecule has 4 heterocycles. The number of carbonyl (C=O) groups is 1. The topological polar surface area (TPSA) is 101 Å². The summed E-state index contributed by atoms with van der Waals surface area (Å²) in [4.78, 5) is 19.1. The number of carbonyl (C=O) groups excluding carboxylic acids is 1. The number of amides is 1. The van der Waals surface area contributed by atoms with Gasteiger partial charge in [-0.25, -0.2) is 4.39 Å². The Bertz CT molecular complexity index is 1180. The number of piperidine rings is 1. The predicted octanol–water partition coefficient (Wildman–Crippen LogP) is 3.95. The molecule has 0 bridgehead atoms. The molecule has 0 aliphatic carbocycles. The minimum absolute atomic E-state index is 0.128. The van der Waals surface area contributed by atoms with E-state index in [0.717, 1.165) is 12.8 Å². The number of hydrogen-bond acceptors (Lipinski definition) is 6. The minimum atomic E-state index is -0.391. The van der Waals surface area contributed by atoms with Crippen molar-refractivity contribution >= 4 is 5.91 Å². The van der Waals surface area contributed by atoms with E-state index >= 15 is 0 Å². The van der Waals surface area contributed by atoms with Crippen LogP contribution in [-0.2, 0) is 6.42 Å². The first kappa shape index (κ1) is 19.2. The molecule has 9 heteroatoms. The smallest absolute Gasteiger partial charge is 0.274 e. The third-order valence-electron chi connectivity index (χ3n) is 5.44. The van der Waals surface area contributed by atoms with Crippen LogP contribution in [-0.4, -0.2) is 44.2 Å². The molecule has 31 heavy (non-hydrogen) atoms. The highest BCUT2D eigenvalue weighted by molar-refractivity contribution is 5.93. The second kappa shape index (κ2) is 8.17. The van der Waals surface area contributed by atoms with Crippen LogP contribution < -0.4 is 0 Å². The van der Waals surface area contributed by atoms with E-state index < -0.39 is 5.82 Å². The average molecular weight is 421 g/mol. The van der Waals surface area contributed by atoms with Crippen molar-refractivity contribution in [1.29, 1.82) is 0 Å². The Morgan fingerprint density at radius 2 is 2.16 bits per heavy atom. The van der Waals surface area contributed by atoms with E-state index in [9.17, 15) is 9.18 Å². The number of halogens is 1. The second-order valence-electron chi connectivity index (χ2n) is 7.60. The number of hydrogen-bond donors (Lipinski definition) is 1. The van der Waals surface area contributed by atoms with Gasteiger partial charge in [0.25, 0.3) is 5.91 Å². The number of benzene rings is 1. The Morgan fingerprint density at radius 1 is 1.26 bits per heavy atom. The number of aromatic amines is 1. The maximum atomic E-state index is 14.0. The van der Waals surface area contributed by atoms with Gasteiger partial charge in [0.15, 0.2) is 11.5 Å². The van der Waals surface area contributed by atoms with Crippen molar-refractivity contribution in [1.82, 2.24) is 25.2 Å². The second-order valence-corrected chi connectivity index (χ2v) is 7.60. The van der Waals surface area contributed by atoms with Crippen molar-refractivity contribution in [3.8, 4) is 22.8 Å². The van der Waals surface area contributed by atoms with E-state index in [4.69, 9.17) is 8.94 Å². The molecule has 1 saturated heterocycles. The summed E-state index contributed by atoms with van der Waals surface area (Å²) in [6.45, 7) is 1.24. The van der Waals surface area contributed by atoms with Crippen molar-refractivity contribution < 1.29 is 18.1 Å². The van der Waals surface area contributed by atoms with Gasteiger partial charge in [0.2, 0.25) is 11.7 Å². The number of rotatable bonds is 5. The Hall–Kier alpha value is -3.75. The molecule has 8 nitrogen and oxygen atoms in total. The molecule has 0 radical (unpaired) electrons. The molecule has 1 amide bonds. The molecule has 1 aliphatic rings. The van der Waals surface area contributed by atoms with Gasteiger partial charge in [0.05, 0.1) is 11.8 Å². The molecule has 1 atom stereocenters. The van der Waals surface area contributed by atoms with Crippen molar-refractivity contribution in [3.05, 3.63) is 66.1 Å². The zero-order chi connectivity index (χ0) is 21.2. The predicted molar refractivity (Wildman–Crippen MR) is 108 cm³/mol. The van der Waals surface area contributed by atoms with Crippen LogP contribution in [0.2, 0.25) is 0 Å². The normalized spacial score (nSPS) is 16.5. The molecular formula is C22H20FN5O3. The van der Waals surface area contributed by atoms with Crippen LogP contribution >= 0.6 is 0 Å². The largest absolute Gasteiger partial charge is 0.463 e. The van der Waals surface area contributed by atoms with Crippen LogP contribution in [0, 0.1) is 11.7 Å². The average Bonchev–Trinajstić information content (AvgIpc) is 3.55. The highest BCUT2D eigenvalue weighted by Crippen LogP contribution is 2.25. The molecule has 158 valence electrons. The summed E-state index contributed by atoms with van der Waals surface area (Å²) in [6.07, 6.45) is 3.92. The Labute approximate surface area is 177 Å². The summed E-state index contributed by atoms with van der Waals surface area (Å²) in [7, 11) is 0. The maximum absolute atomic E-state index is 14.0. The number of aromatic nitrogens is 4. The lowest BCUT2D eigenvalue weighted by Gasteiger charge is -2.31. The molecule has 0 spiro atoms. The van der Waals surface area contributed by atoms with Gasteiger partial charge in [-0.15, -0.1) is 0 Å². The minimum Gasteiger partial charge on any atom is -0.463 e. The lowest BCUT2D eigenvalue weighted by molar-refractivity contribution is 0.0662. The molecule has 1 aromatic carbocycles. The van der Waals surface area contributed by atoms with Crippen LogP contribution in [0.5, 0.6) is 0 Å². The third kappa shape index (κ3) is 3.98. The fourth-order valence-electron chi connectivity index (χ4n) is 3.90. The fourth-order valence-corrected chi connectivity index (χ4v) is 3.90. The van der Waals surface area contributed by atoms with Crippen molar-refractivity contribution in [2.45, 2.75) is 19.3 Å². The lowest BCUT2D eigenvalue weighted by Crippen LogP contribution is -2.40. The molecule has 1 unspecified atom stereocenters. The van der Waals surface area contributed by atoms with Crippen LogP contribution in [0.1, 0.15) is 29.2 Å². The molecule has 1 N–H and O–H groups in total. The van der Waals surface area contributed by atoms with Crippen molar-refractivity contribution in [3.63, 3.8) is 0 Å². The van der Waals surface area contributed by atoms with Gasteiger partial charge in [0.1, 0.15) is 11.5 Å². The quantitative estimate of drug-likeness (QED) is 0.524. The van der Waals surface area contributed by atoms with Gasteiger partial charge >= 0.3 is 0 Å². The third-order valence-corrected chi connectivity index (χ3v) is 5.44. The van der Waals surface area contributed by atoms with E-state index in [1.807, 2.05) is 0 Å². The molecule has 3 aromatic heterocycles. The molecular weight excluding hydrogens is 401 g/mol. The monoisotopic (exact) mass is 421 g/mol. The summed E-state index contributed by atoms with van der Waals surface area (Å²) in [5.41, 5.74) is 1.32. The lowest BCUT2D eigenvalue weighted by atomic mass is 9.94. The van der Waals surface area contributed by atoms with Gasteiger partial charge in [-0.2, -0.15) is 10.1 Å². The SMILES string of the molecule is O=C(c1cc(-c2ccco2)[nH]n1)N1CCCC(Cc2nc(-c3ccccc3F)no2)C1. The Morgan fingerprint density at radius 3 is 3.00 bits per heavy atom. The van der Waals surface area contributed by atoms with Gasteiger partial charge in [-0.05, 0) is 43.0 Å². The zero-order valence-electron chi connectivity index (χ0n) is 16.6. The number of nitrogens with zero attached hydrogens (tertiary/aromatic N) is 4. The highest BCUT2D eigenvalue weighted by Gasteiger charge is 2.28. The standard InChI is InChI=1S/C22H20FN5O3/c23-16-7-2-1-6-15(16)21-24-20(31-27-21)11-14-5-3-9-28(13-14)22(29)18-12-17(25-26-18)19-8-4-10-30-19/h1-2,4,6-8,10,12,14H,3,5,9,11,13H2,(H,25,26). The maximum Gasteiger partial charge on any atom is 0.274 e. The number of furan rings is 1. The van der Waals surface area contributed by atoms with Crippen LogP contribution in [0.25, 0.3) is 22.8 Å². The van der Waals surface area contributed by atoms with Crippen molar-refractivity contribution in [2.75, 3.05) is 13.1 Å². The first-order valence-corrected chi connectivity index (χ1v) is 10.1. The van der Waals surface area contributed by atoms with Gasteiger partial charge < -0.3 is 13.8 Å². The van der Waals surface area contributed by atoms with Gasteiger partial charge in [-0.3, -0.25) is 9.89 Å². The summed E-state index contributed by atoms with van der Waals surface area (Å²) >= 11 is 0. The molecule has 1 fully saturated rings. The van der Waals surface area contributed by atoms with E-state index in [1.165, 1.54) is 6.07 Å². The number of likely N-dealkylation sites (tertiary alicyclic amines) is 1. The number of nitrogens with one attached hydrogen (secondary N) is 1. The number of H-pyrrole nitrogens is 1. The molecule has 1 aliphatic heterocycles. The van der Waals surface area contributed by atoms with E-state index in [-0.39, 0.29) is 17.6 Å². The van der Waals surface area contributed by atoms with E-state index in [0.29, 0.717) is 48.1 Å². The van der Waals surface area contributed by atoms with E-state index in [2.05, 4.69) is 20.3 Å². The molecule has 5 rings (SSSR count). The van der Waals surface area contributed by atoms with Crippen LogP contribution in [0.15, 0.2) is 57.7 Å². The van der Waals surface area contributed by atoms with Gasteiger partial charge in [0, 0.05) is 25.6 Å². The van der Waals surface area contributed by atoms with E-state index in [1.54, 1.807) is 47.6 Å². The summed E-state index contributed by atoms with van der Waals surface area (Å²) < 4.78 is 24.6. The van der Waals surface area contributed by atoms with Crippen molar-refractivity contribution in [2.24, 2.45) is 5.92 Å².